The van der Waals surface area contributed by atoms with Crippen molar-refractivity contribution in [2.24, 2.45) is 5.92 Å². The first-order valence-electron chi connectivity index (χ1n) is 5.91. The Morgan fingerprint density at radius 1 is 1.63 bits per heavy atom. The predicted molar refractivity (Wildman–Crippen MR) is 71.9 cm³/mol. The fourth-order valence-electron chi connectivity index (χ4n) is 2.19. The molecule has 100 valence electrons. The number of para-hydroxylation sites is 1. The number of benzene rings is 1. The van der Waals surface area contributed by atoms with Gasteiger partial charge in [-0.2, -0.15) is 5.26 Å². The van der Waals surface area contributed by atoms with Gasteiger partial charge >= 0.3 is 0 Å². The van der Waals surface area contributed by atoms with Gasteiger partial charge in [0.2, 0.25) is 5.91 Å². The number of nitriles is 1. The van der Waals surface area contributed by atoms with Gasteiger partial charge in [0.05, 0.1) is 28.7 Å². The van der Waals surface area contributed by atoms with Crippen LogP contribution in [-0.2, 0) is 4.79 Å². The summed E-state index contributed by atoms with van der Waals surface area (Å²) in [5.41, 5.74) is 0.292. The van der Waals surface area contributed by atoms with Gasteiger partial charge in [-0.1, -0.05) is 17.7 Å². The summed E-state index contributed by atoms with van der Waals surface area (Å²) < 4.78 is 0. The monoisotopic (exact) mass is 279 g/mol. The number of hydrogen-bond donors (Lipinski definition) is 2. The first kappa shape index (κ1) is 13.7. The number of carbonyl (C=O) groups excluding carboxylic acids is 1. The van der Waals surface area contributed by atoms with Crippen molar-refractivity contribution < 1.29 is 9.90 Å². The minimum absolute atomic E-state index is 0.138. The first-order chi connectivity index (χ1) is 9.02. The fourth-order valence-corrected chi connectivity index (χ4v) is 2.37. The summed E-state index contributed by atoms with van der Waals surface area (Å²) in [7, 11) is 1.82. The Kier molecular flexibility index (Phi) is 3.93. The molecule has 0 aliphatic carbocycles. The maximum atomic E-state index is 12.1. The van der Waals surface area contributed by atoms with Gasteiger partial charge in [0.15, 0.2) is 5.75 Å². The number of aromatic hydroxyl groups is 1. The molecular formula is C13H14ClN3O2. The van der Waals surface area contributed by atoms with E-state index in [0.29, 0.717) is 18.7 Å². The van der Waals surface area contributed by atoms with Gasteiger partial charge in [0, 0.05) is 6.54 Å². The largest absolute Gasteiger partial charge is 0.504 e. The van der Waals surface area contributed by atoms with E-state index < -0.39 is 0 Å². The summed E-state index contributed by atoms with van der Waals surface area (Å²) in [6.45, 7) is 0.533. The van der Waals surface area contributed by atoms with Crippen molar-refractivity contribution in [1.82, 2.24) is 4.90 Å². The number of rotatable bonds is 2. The second-order valence-electron chi connectivity index (χ2n) is 4.64. The van der Waals surface area contributed by atoms with Crippen LogP contribution in [0.2, 0.25) is 5.02 Å². The van der Waals surface area contributed by atoms with Crippen molar-refractivity contribution in [3.8, 4) is 11.8 Å². The zero-order valence-electron chi connectivity index (χ0n) is 10.4. The highest BCUT2D eigenvalue weighted by molar-refractivity contribution is 6.32. The van der Waals surface area contributed by atoms with Crippen LogP contribution in [0.1, 0.15) is 6.42 Å². The van der Waals surface area contributed by atoms with Crippen LogP contribution in [0, 0.1) is 17.2 Å². The van der Waals surface area contributed by atoms with Crippen molar-refractivity contribution in [2.45, 2.75) is 12.5 Å². The fraction of sp³-hybridized carbons (Fsp3) is 0.385. The maximum Gasteiger partial charge on any atom is 0.228 e. The van der Waals surface area contributed by atoms with Gasteiger partial charge < -0.3 is 10.4 Å². The Morgan fingerprint density at radius 3 is 3.00 bits per heavy atom. The molecule has 19 heavy (non-hydrogen) atoms. The molecule has 0 spiro atoms. The Hall–Kier alpha value is -1.77. The molecule has 0 aromatic heterocycles. The summed E-state index contributed by atoms with van der Waals surface area (Å²) in [5.74, 6) is -0.601. The molecule has 1 saturated heterocycles. The third kappa shape index (κ3) is 2.80. The number of phenolic OH excluding ortho intramolecular Hbond substituents is 1. The number of nitrogens with one attached hydrogen (secondary N) is 1. The summed E-state index contributed by atoms with van der Waals surface area (Å²) in [6.07, 6.45) is 0.500. The molecule has 1 aromatic carbocycles. The van der Waals surface area contributed by atoms with E-state index in [1.54, 1.807) is 18.2 Å². The quantitative estimate of drug-likeness (QED) is 0.810. The molecule has 1 fully saturated rings. The smallest absolute Gasteiger partial charge is 0.228 e. The molecule has 2 N–H and O–H groups in total. The Bertz CT molecular complexity index is 541. The van der Waals surface area contributed by atoms with E-state index >= 15 is 0 Å². The summed E-state index contributed by atoms with van der Waals surface area (Å²) in [6, 6.07) is 6.70. The molecule has 1 aliphatic heterocycles. The molecule has 0 bridgehead atoms. The Labute approximate surface area is 116 Å². The van der Waals surface area contributed by atoms with Crippen molar-refractivity contribution in [3.63, 3.8) is 0 Å². The van der Waals surface area contributed by atoms with E-state index in [0.717, 1.165) is 0 Å². The molecule has 2 rings (SSSR count). The predicted octanol–water partition coefficient (Wildman–Crippen LogP) is 1.83. The van der Waals surface area contributed by atoms with Crippen LogP contribution < -0.4 is 5.32 Å². The lowest BCUT2D eigenvalue weighted by Crippen LogP contribution is -2.26. The van der Waals surface area contributed by atoms with Crippen LogP contribution in [0.5, 0.6) is 5.75 Å². The highest BCUT2D eigenvalue weighted by Gasteiger charge is 2.34. The number of likely N-dealkylation sites (tertiary alicyclic amines) is 1. The first-order valence-corrected chi connectivity index (χ1v) is 6.29. The molecule has 2 atom stereocenters. The molecule has 1 aromatic rings. The lowest BCUT2D eigenvalue weighted by Gasteiger charge is -2.12. The standard InChI is InChI=1S/C13H14ClN3O2/c1-17-7-8(5-9(17)6-15)13(19)16-11-4-2-3-10(14)12(11)18/h2-4,8-9,18H,5,7H2,1H3,(H,16,19). The molecule has 0 radical (unpaired) electrons. The molecule has 5 nitrogen and oxygen atoms in total. The van der Waals surface area contributed by atoms with Crippen LogP contribution in [0.3, 0.4) is 0 Å². The van der Waals surface area contributed by atoms with Crippen LogP contribution >= 0.6 is 11.6 Å². The van der Waals surface area contributed by atoms with Gasteiger partial charge in [0.25, 0.3) is 0 Å². The van der Waals surface area contributed by atoms with Crippen LogP contribution in [0.4, 0.5) is 5.69 Å². The number of hydrogen-bond acceptors (Lipinski definition) is 4. The number of halogens is 1. The molecule has 2 unspecified atom stereocenters. The van der Waals surface area contributed by atoms with Gasteiger partial charge in [-0.05, 0) is 25.6 Å². The maximum absolute atomic E-state index is 12.1. The minimum atomic E-state index is -0.256. The van der Waals surface area contributed by atoms with Crippen molar-refractivity contribution in [2.75, 3.05) is 18.9 Å². The molecule has 1 aliphatic rings. The lowest BCUT2D eigenvalue weighted by molar-refractivity contribution is -0.119. The third-order valence-electron chi connectivity index (χ3n) is 3.31. The van der Waals surface area contributed by atoms with E-state index in [1.165, 1.54) is 0 Å². The van der Waals surface area contributed by atoms with Gasteiger partial charge in [-0.25, -0.2) is 0 Å². The number of amides is 1. The number of nitrogens with zero attached hydrogens (tertiary/aromatic N) is 2. The van der Waals surface area contributed by atoms with E-state index in [4.69, 9.17) is 16.9 Å². The van der Waals surface area contributed by atoms with Crippen LogP contribution in [0.25, 0.3) is 0 Å². The topological polar surface area (TPSA) is 76.4 Å². The SMILES string of the molecule is CN1CC(C(=O)Nc2cccc(Cl)c2O)CC1C#N. The molecule has 6 heteroatoms. The highest BCUT2D eigenvalue weighted by Crippen LogP contribution is 2.32. The van der Waals surface area contributed by atoms with Gasteiger partial charge in [-0.15, -0.1) is 0 Å². The number of phenols is 1. The Morgan fingerprint density at radius 2 is 2.37 bits per heavy atom. The minimum Gasteiger partial charge on any atom is -0.504 e. The van der Waals surface area contributed by atoms with E-state index in [1.807, 2.05) is 11.9 Å². The second-order valence-corrected chi connectivity index (χ2v) is 5.05. The average Bonchev–Trinajstić information content (AvgIpc) is 2.76. The van der Waals surface area contributed by atoms with E-state index in [9.17, 15) is 9.90 Å². The van der Waals surface area contributed by atoms with Crippen molar-refractivity contribution >= 4 is 23.2 Å². The zero-order chi connectivity index (χ0) is 14.0. The average molecular weight is 280 g/mol. The van der Waals surface area contributed by atoms with E-state index in [-0.39, 0.29) is 28.6 Å². The lowest BCUT2D eigenvalue weighted by atomic mass is 10.1. The molecule has 0 saturated carbocycles. The van der Waals surface area contributed by atoms with Crippen LogP contribution in [0.15, 0.2) is 18.2 Å². The molecule has 1 amide bonds. The third-order valence-corrected chi connectivity index (χ3v) is 3.62. The van der Waals surface area contributed by atoms with Gasteiger partial charge in [-0.3, -0.25) is 9.69 Å². The van der Waals surface area contributed by atoms with E-state index in [2.05, 4.69) is 11.4 Å². The summed E-state index contributed by atoms with van der Waals surface area (Å²) >= 11 is 5.77. The number of carbonyl (C=O) groups is 1. The van der Waals surface area contributed by atoms with Gasteiger partial charge in [0.1, 0.15) is 0 Å². The number of anilines is 1. The van der Waals surface area contributed by atoms with Crippen molar-refractivity contribution in [1.29, 1.82) is 5.26 Å². The zero-order valence-corrected chi connectivity index (χ0v) is 11.2. The highest BCUT2D eigenvalue weighted by atomic mass is 35.5. The van der Waals surface area contributed by atoms with Crippen LogP contribution in [-0.4, -0.2) is 35.5 Å². The molecular weight excluding hydrogens is 266 g/mol. The Balaban J connectivity index is 2.07. The van der Waals surface area contributed by atoms with Crippen molar-refractivity contribution in [3.05, 3.63) is 23.2 Å². The molecule has 1 heterocycles. The summed E-state index contributed by atoms with van der Waals surface area (Å²) in [5, 5.41) is 21.5. The summed E-state index contributed by atoms with van der Waals surface area (Å²) in [4.78, 5) is 13.9. The second kappa shape index (κ2) is 5.47. The normalized spacial score (nSPS) is 23.0.